The van der Waals surface area contributed by atoms with E-state index in [1.165, 1.54) is 11.3 Å². The second kappa shape index (κ2) is 8.45. The molecule has 0 aliphatic heterocycles. The minimum Gasteiger partial charge on any atom is -0.494 e. The van der Waals surface area contributed by atoms with Gasteiger partial charge in [-0.15, -0.1) is 21.5 Å². The summed E-state index contributed by atoms with van der Waals surface area (Å²) in [7, 11) is 3.15. The molecular formula is C18H19N3O4S2. The van der Waals surface area contributed by atoms with Crippen LogP contribution < -0.4 is 9.47 Å². The summed E-state index contributed by atoms with van der Waals surface area (Å²) in [5.41, 5.74) is 0.638. The smallest absolute Gasteiger partial charge is 0.317 e. The van der Waals surface area contributed by atoms with Crippen LogP contribution in [-0.4, -0.2) is 45.3 Å². The Morgan fingerprint density at radius 2 is 1.93 bits per heavy atom. The van der Waals surface area contributed by atoms with Crippen molar-refractivity contribution in [3.05, 3.63) is 35.7 Å². The molecule has 0 bridgehead atoms. The molecule has 142 valence electrons. The van der Waals surface area contributed by atoms with E-state index in [1.807, 2.05) is 42.6 Å². The highest BCUT2D eigenvalue weighted by Crippen LogP contribution is 2.40. The summed E-state index contributed by atoms with van der Waals surface area (Å²) in [4.78, 5) is 12.4. The normalized spacial score (nSPS) is 12.0. The van der Waals surface area contributed by atoms with Crippen molar-refractivity contribution in [1.29, 1.82) is 0 Å². The van der Waals surface area contributed by atoms with Crippen LogP contribution in [0.3, 0.4) is 0 Å². The lowest BCUT2D eigenvalue weighted by molar-refractivity contribution is -0.136. The van der Waals surface area contributed by atoms with Crippen LogP contribution in [0, 0.1) is 0 Å². The number of nitrogens with zero attached hydrogens (tertiary/aromatic N) is 3. The number of aliphatic carboxylic acids is 1. The van der Waals surface area contributed by atoms with Gasteiger partial charge in [0.1, 0.15) is 22.4 Å². The third kappa shape index (κ3) is 3.79. The van der Waals surface area contributed by atoms with E-state index in [-0.39, 0.29) is 0 Å². The van der Waals surface area contributed by atoms with Crippen molar-refractivity contribution in [3.63, 3.8) is 0 Å². The van der Waals surface area contributed by atoms with Crippen LogP contribution in [-0.2, 0) is 4.79 Å². The number of ether oxygens (including phenoxy) is 2. The first-order valence-corrected chi connectivity index (χ1v) is 9.96. The van der Waals surface area contributed by atoms with Gasteiger partial charge in [-0.3, -0.25) is 9.36 Å². The van der Waals surface area contributed by atoms with Crippen molar-refractivity contribution in [2.75, 3.05) is 14.2 Å². The first-order valence-electron chi connectivity index (χ1n) is 8.20. The lowest BCUT2D eigenvalue weighted by Gasteiger charge is -2.17. The summed E-state index contributed by atoms with van der Waals surface area (Å²) in [6.07, 6.45) is 0.463. The van der Waals surface area contributed by atoms with Gasteiger partial charge in [-0.25, -0.2) is 0 Å². The molecular weight excluding hydrogens is 386 g/mol. The van der Waals surface area contributed by atoms with Crippen LogP contribution in [0.25, 0.3) is 16.4 Å². The number of aromatic nitrogens is 3. The molecule has 1 atom stereocenters. The number of carbonyl (C=O) groups is 1. The van der Waals surface area contributed by atoms with E-state index in [2.05, 4.69) is 10.2 Å². The lowest BCUT2D eigenvalue weighted by atomic mass is 10.2. The molecule has 0 aliphatic rings. The van der Waals surface area contributed by atoms with Gasteiger partial charge in [-0.05, 0) is 30.0 Å². The van der Waals surface area contributed by atoms with E-state index in [0.717, 1.165) is 16.6 Å². The van der Waals surface area contributed by atoms with Crippen molar-refractivity contribution < 1.29 is 19.4 Å². The van der Waals surface area contributed by atoms with E-state index in [9.17, 15) is 9.90 Å². The molecule has 0 amide bonds. The molecule has 0 radical (unpaired) electrons. The number of hydrogen-bond acceptors (Lipinski definition) is 7. The second-order valence-corrected chi connectivity index (χ2v) is 7.60. The summed E-state index contributed by atoms with van der Waals surface area (Å²) in [5.74, 6) is 0.881. The Hall–Kier alpha value is -2.52. The Morgan fingerprint density at radius 1 is 1.22 bits per heavy atom. The molecule has 3 rings (SSSR count). The Balaban J connectivity index is 2.24. The first-order chi connectivity index (χ1) is 13.1. The van der Waals surface area contributed by atoms with Gasteiger partial charge in [0.2, 0.25) is 0 Å². The van der Waals surface area contributed by atoms with Crippen LogP contribution in [0.5, 0.6) is 11.5 Å². The number of methoxy groups -OCH3 is 2. The van der Waals surface area contributed by atoms with Crippen molar-refractivity contribution >= 4 is 29.1 Å². The standard InChI is InChI=1S/C18H19N3O4S2/c1-4-13(17(22)23)27-18-20-19-16(14-9-6-10-26-14)21(18)15-11(24-2)7-5-8-12(15)25-3/h5-10,13H,4H2,1-3H3,(H,22,23). The molecule has 1 aromatic carbocycles. The number of para-hydroxylation sites is 1. The number of benzene rings is 1. The molecule has 0 aliphatic carbocycles. The minimum atomic E-state index is -0.887. The molecule has 27 heavy (non-hydrogen) atoms. The maximum Gasteiger partial charge on any atom is 0.317 e. The third-order valence-electron chi connectivity index (χ3n) is 3.89. The number of thioether (sulfide) groups is 1. The average Bonchev–Trinajstić information content (AvgIpc) is 3.34. The molecule has 0 saturated heterocycles. The Morgan fingerprint density at radius 3 is 2.44 bits per heavy atom. The molecule has 2 aromatic heterocycles. The van der Waals surface area contributed by atoms with Gasteiger partial charge in [-0.1, -0.05) is 30.8 Å². The van der Waals surface area contributed by atoms with E-state index in [0.29, 0.717) is 34.6 Å². The zero-order valence-electron chi connectivity index (χ0n) is 15.1. The topological polar surface area (TPSA) is 86.5 Å². The largest absolute Gasteiger partial charge is 0.494 e. The van der Waals surface area contributed by atoms with Crippen LogP contribution in [0.4, 0.5) is 0 Å². The molecule has 0 fully saturated rings. The number of carboxylic acids is 1. The highest BCUT2D eigenvalue weighted by Gasteiger charge is 2.26. The summed E-state index contributed by atoms with van der Waals surface area (Å²) < 4.78 is 12.9. The van der Waals surface area contributed by atoms with Gasteiger partial charge in [0, 0.05) is 0 Å². The minimum absolute atomic E-state index is 0.463. The summed E-state index contributed by atoms with van der Waals surface area (Å²) >= 11 is 2.68. The molecule has 3 aromatic rings. The van der Waals surface area contributed by atoms with E-state index < -0.39 is 11.2 Å². The summed E-state index contributed by atoms with van der Waals surface area (Å²) in [6.45, 7) is 1.83. The summed E-state index contributed by atoms with van der Waals surface area (Å²) in [5, 5.41) is 19.9. The van der Waals surface area contributed by atoms with Gasteiger partial charge in [-0.2, -0.15) is 0 Å². The van der Waals surface area contributed by atoms with Crippen molar-refractivity contribution in [2.45, 2.75) is 23.8 Å². The average molecular weight is 406 g/mol. The molecule has 1 unspecified atom stereocenters. The van der Waals surface area contributed by atoms with Gasteiger partial charge in [0.15, 0.2) is 11.0 Å². The molecule has 2 heterocycles. The lowest BCUT2D eigenvalue weighted by Crippen LogP contribution is -2.16. The molecule has 0 spiro atoms. The van der Waals surface area contributed by atoms with E-state index >= 15 is 0 Å². The SMILES string of the molecule is CCC(Sc1nnc(-c2cccs2)n1-c1c(OC)cccc1OC)C(=O)O. The second-order valence-electron chi connectivity index (χ2n) is 5.48. The predicted molar refractivity (Wildman–Crippen MR) is 105 cm³/mol. The molecule has 9 heteroatoms. The Bertz CT molecular complexity index is 903. The van der Waals surface area contributed by atoms with E-state index in [1.54, 1.807) is 18.8 Å². The van der Waals surface area contributed by atoms with Crippen molar-refractivity contribution in [1.82, 2.24) is 14.8 Å². The van der Waals surface area contributed by atoms with Gasteiger partial charge >= 0.3 is 5.97 Å². The van der Waals surface area contributed by atoms with Gasteiger partial charge < -0.3 is 14.6 Å². The fourth-order valence-corrected chi connectivity index (χ4v) is 4.19. The zero-order chi connectivity index (χ0) is 19.4. The van der Waals surface area contributed by atoms with Crippen LogP contribution in [0.2, 0.25) is 0 Å². The van der Waals surface area contributed by atoms with Crippen LogP contribution in [0.1, 0.15) is 13.3 Å². The quantitative estimate of drug-likeness (QED) is 0.568. The molecule has 1 N–H and O–H groups in total. The van der Waals surface area contributed by atoms with E-state index in [4.69, 9.17) is 9.47 Å². The first kappa shape index (κ1) is 19.2. The monoisotopic (exact) mass is 405 g/mol. The third-order valence-corrected chi connectivity index (χ3v) is 6.05. The van der Waals surface area contributed by atoms with Crippen molar-refractivity contribution in [3.8, 4) is 27.9 Å². The van der Waals surface area contributed by atoms with Crippen LogP contribution in [0.15, 0.2) is 40.9 Å². The number of carboxylic acid groups (broad SMARTS) is 1. The Kier molecular flexibility index (Phi) is 6.02. The fourth-order valence-electron chi connectivity index (χ4n) is 2.60. The maximum absolute atomic E-state index is 11.5. The molecule has 0 saturated carbocycles. The van der Waals surface area contributed by atoms with Gasteiger partial charge in [0.25, 0.3) is 0 Å². The predicted octanol–water partition coefficient (Wildman–Crippen LogP) is 3.97. The zero-order valence-corrected chi connectivity index (χ0v) is 16.7. The number of thiophene rings is 1. The fraction of sp³-hybridized carbons (Fsp3) is 0.278. The number of rotatable bonds is 8. The highest BCUT2D eigenvalue weighted by molar-refractivity contribution is 8.00. The summed E-state index contributed by atoms with van der Waals surface area (Å²) in [6, 6.07) is 9.33. The molecule has 7 nitrogen and oxygen atoms in total. The van der Waals surface area contributed by atoms with Gasteiger partial charge in [0.05, 0.1) is 19.1 Å². The van der Waals surface area contributed by atoms with Crippen LogP contribution >= 0.6 is 23.1 Å². The number of hydrogen-bond donors (Lipinski definition) is 1. The maximum atomic E-state index is 11.5. The Labute approximate surface area is 165 Å². The van der Waals surface area contributed by atoms with Crippen molar-refractivity contribution in [2.24, 2.45) is 0 Å². The highest BCUT2D eigenvalue weighted by atomic mass is 32.2.